The molecule has 4 rings (SSSR count). The molecule has 3 amide bonds. The van der Waals surface area contributed by atoms with E-state index in [2.05, 4.69) is 16.7 Å². The monoisotopic (exact) mass is 568 g/mol. The Morgan fingerprint density at radius 1 is 0.905 bits per heavy atom. The zero-order chi connectivity index (χ0) is 30.1. The number of likely N-dealkylation sites (N-methyl/N-ethyl adjacent to an activating group) is 1. The normalized spacial score (nSPS) is 14.9. The van der Waals surface area contributed by atoms with Gasteiger partial charge in [0.1, 0.15) is 6.04 Å². The fourth-order valence-corrected chi connectivity index (χ4v) is 4.94. The third-order valence-corrected chi connectivity index (χ3v) is 7.75. The van der Waals surface area contributed by atoms with Gasteiger partial charge in [-0.05, 0) is 73.4 Å². The van der Waals surface area contributed by atoms with Gasteiger partial charge in [-0.2, -0.15) is 0 Å². The lowest BCUT2D eigenvalue weighted by atomic mass is 9.97. The summed E-state index contributed by atoms with van der Waals surface area (Å²) in [6, 6.07) is 23.2. The second-order valence-electron chi connectivity index (χ2n) is 12.3. The van der Waals surface area contributed by atoms with E-state index in [1.807, 2.05) is 80.6 Å². The van der Waals surface area contributed by atoms with Crippen molar-refractivity contribution in [2.75, 3.05) is 20.1 Å². The van der Waals surface area contributed by atoms with E-state index < -0.39 is 17.5 Å². The van der Waals surface area contributed by atoms with E-state index in [-0.39, 0.29) is 24.3 Å². The van der Waals surface area contributed by atoms with Gasteiger partial charge < -0.3 is 21.3 Å². The molecule has 1 saturated carbocycles. The van der Waals surface area contributed by atoms with Crippen LogP contribution in [0.1, 0.15) is 44.2 Å². The Morgan fingerprint density at radius 2 is 1.60 bits per heavy atom. The number of amides is 3. The van der Waals surface area contributed by atoms with Crippen LogP contribution in [-0.2, 0) is 27.2 Å². The fourth-order valence-electron chi connectivity index (χ4n) is 4.94. The second-order valence-corrected chi connectivity index (χ2v) is 12.3. The molecule has 1 aliphatic carbocycles. The summed E-state index contributed by atoms with van der Waals surface area (Å²) >= 11 is 0. The summed E-state index contributed by atoms with van der Waals surface area (Å²) in [5.41, 5.74) is 7.61. The van der Waals surface area contributed by atoms with E-state index in [1.165, 1.54) is 11.0 Å². The molecule has 0 saturated heterocycles. The molecule has 0 spiro atoms. The maximum absolute atomic E-state index is 13.8. The van der Waals surface area contributed by atoms with Crippen molar-refractivity contribution in [1.29, 1.82) is 0 Å². The number of benzene rings is 3. The molecule has 0 bridgehead atoms. The van der Waals surface area contributed by atoms with Crippen molar-refractivity contribution < 1.29 is 14.4 Å². The SMILES string of the molecule is CN(C(=O)/C=C/CC(C)(C)N)[C@H](Cc1ccc2ccccc2c1)C(=O)NC[C@@H](Cc1ccccc1)C(=O)NCC1CC1. The summed E-state index contributed by atoms with van der Waals surface area (Å²) in [6.45, 7) is 4.64. The Morgan fingerprint density at radius 3 is 2.29 bits per heavy atom. The summed E-state index contributed by atoms with van der Waals surface area (Å²) in [7, 11) is 1.65. The van der Waals surface area contributed by atoms with E-state index in [0.29, 0.717) is 31.7 Å². The molecule has 0 unspecified atom stereocenters. The highest BCUT2D eigenvalue weighted by Gasteiger charge is 2.29. The van der Waals surface area contributed by atoms with Gasteiger partial charge in [-0.1, -0.05) is 78.9 Å². The van der Waals surface area contributed by atoms with Gasteiger partial charge in [0.2, 0.25) is 17.7 Å². The first-order valence-electron chi connectivity index (χ1n) is 14.9. The van der Waals surface area contributed by atoms with Gasteiger partial charge in [-0.3, -0.25) is 14.4 Å². The lowest BCUT2D eigenvalue weighted by molar-refractivity contribution is -0.136. The molecule has 2 atom stereocenters. The molecule has 0 radical (unpaired) electrons. The van der Waals surface area contributed by atoms with E-state index in [0.717, 1.165) is 34.7 Å². The van der Waals surface area contributed by atoms with Gasteiger partial charge in [-0.25, -0.2) is 0 Å². The molecule has 42 heavy (non-hydrogen) atoms. The minimum Gasteiger partial charge on any atom is -0.356 e. The number of hydrogen-bond acceptors (Lipinski definition) is 4. The molecule has 222 valence electrons. The molecule has 4 N–H and O–H groups in total. The minimum atomic E-state index is -0.763. The first-order valence-corrected chi connectivity index (χ1v) is 14.9. The van der Waals surface area contributed by atoms with Crippen LogP contribution in [0.3, 0.4) is 0 Å². The molecule has 0 heterocycles. The Labute approximate surface area is 249 Å². The fraction of sp³-hybridized carbons (Fsp3) is 0.400. The van der Waals surface area contributed by atoms with Crippen LogP contribution in [0.5, 0.6) is 0 Å². The summed E-state index contributed by atoms with van der Waals surface area (Å²) in [5.74, 6) is -0.495. The van der Waals surface area contributed by atoms with Crippen LogP contribution in [0.4, 0.5) is 0 Å². The third-order valence-electron chi connectivity index (χ3n) is 7.75. The summed E-state index contributed by atoms with van der Waals surface area (Å²) in [6.07, 6.45) is 6.92. The van der Waals surface area contributed by atoms with Crippen molar-refractivity contribution in [3.8, 4) is 0 Å². The van der Waals surface area contributed by atoms with Gasteiger partial charge in [0.05, 0.1) is 5.92 Å². The average molecular weight is 569 g/mol. The summed E-state index contributed by atoms with van der Waals surface area (Å²) < 4.78 is 0. The number of nitrogens with zero attached hydrogens (tertiary/aromatic N) is 1. The number of nitrogens with one attached hydrogen (secondary N) is 2. The van der Waals surface area contributed by atoms with E-state index in [1.54, 1.807) is 13.1 Å². The molecule has 7 heteroatoms. The number of carbonyl (C=O) groups excluding carboxylic acids is 3. The molecular formula is C35H44N4O3. The number of hydrogen-bond donors (Lipinski definition) is 3. The average Bonchev–Trinajstić information content (AvgIpc) is 3.80. The number of rotatable bonds is 14. The van der Waals surface area contributed by atoms with Crippen LogP contribution >= 0.6 is 0 Å². The highest BCUT2D eigenvalue weighted by atomic mass is 16.2. The zero-order valence-corrected chi connectivity index (χ0v) is 25.0. The van der Waals surface area contributed by atoms with Crippen LogP contribution in [-0.4, -0.2) is 54.3 Å². The van der Waals surface area contributed by atoms with E-state index in [9.17, 15) is 14.4 Å². The van der Waals surface area contributed by atoms with E-state index >= 15 is 0 Å². The Hall–Kier alpha value is -3.97. The van der Waals surface area contributed by atoms with Gasteiger partial charge >= 0.3 is 0 Å². The third kappa shape index (κ3) is 9.55. The summed E-state index contributed by atoms with van der Waals surface area (Å²) in [5, 5.41) is 8.28. The first kappa shape index (κ1) is 31.0. The number of nitrogens with two attached hydrogens (primary N) is 1. The topological polar surface area (TPSA) is 105 Å². The Bertz CT molecular complexity index is 1390. The predicted octanol–water partition coefficient (Wildman–Crippen LogP) is 4.39. The van der Waals surface area contributed by atoms with Crippen LogP contribution < -0.4 is 16.4 Å². The van der Waals surface area contributed by atoms with Crippen molar-refractivity contribution in [1.82, 2.24) is 15.5 Å². The second kappa shape index (κ2) is 14.3. The predicted molar refractivity (Wildman–Crippen MR) is 169 cm³/mol. The van der Waals surface area contributed by atoms with Crippen molar-refractivity contribution in [2.45, 2.75) is 57.5 Å². The zero-order valence-electron chi connectivity index (χ0n) is 25.0. The molecule has 1 aliphatic rings. The van der Waals surface area contributed by atoms with Crippen molar-refractivity contribution in [2.24, 2.45) is 17.6 Å². The molecule has 0 aliphatic heterocycles. The lowest BCUT2D eigenvalue weighted by Crippen LogP contribution is -2.50. The molecule has 3 aromatic carbocycles. The van der Waals surface area contributed by atoms with Crippen LogP contribution in [0.2, 0.25) is 0 Å². The van der Waals surface area contributed by atoms with Gasteiger partial charge in [0.25, 0.3) is 0 Å². The highest BCUT2D eigenvalue weighted by molar-refractivity contribution is 5.93. The van der Waals surface area contributed by atoms with Gasteiger partial charge in [0, 0.05) is 32.1 Å². The van der Waals surface area contributed by atoms with Crippen LogP contribution in [0.15, 0.2) is 84.9 Å². The largest absolute Gasteiger partial charge is 0.356 e. The van der Waals surface area contributed by atoms with E-state index in [4.69, 9.17) is 5.73 Å². The van der Waals surface area contributed by atoms with Crippen molar-refractivity contribution in [3.63, 3.8) is 0 Å². The minimum absolute atomic E-state index is 0.0612. The quantitative estimate of drug-likeness (QED) is 0.251. The molecule has 0 aromatic heterocycles. The first-order chi connectivity index (χ1) is 20.1. The Balaban J connectivity index is 1.51. The number of fused-ring (bicyclic) bond motifs is 1. The highest BCUT2D eigenvalue weighted by Crippen LogP contribution is 2.27. The smallest absolute Gasteiger partial charge is 0.246 e. The molecule has 1 fully saturated rings. The lowest BCUT2D eigenvalue weighted by Gasteiger charge is -2.28. The Kier molecular flexibility index (Phi) is 10.5. The van der Waals surface area contributed by atoms with Gasteiger partial charge in [-0.15, -0.1) is 0 Å². The maximum atomic E-state index is 13.8. The molecule has 7 nitrogen and oxygen atoms in total. The van der Waals surface area contributed by atoms with Crippen LogP contribution in [0, 0.1) is 11.8 Å². The van der Waals surface area contributed by atoms with Gasteiger partial charge in [0.15, 0.2) is 0 Å². The maximum Gasteiger partial charge on any atom is 0.246 e. The number of carbonyl (C=O) groups is 3. The van der Waals surface area contributed by atoms with Crippen molar-refractivity contribution >= 4 is 28.5 Å². The van der Waals surface area contributed by atoms with Crippen molar-refractivity contribution in [3.05, 3.63) is 96.1 Å². The molecule has 3 aromatic rings. The standard InChI is InChI=1S/C35H44N4O3/c1-35(2,36)19-9-14-32(40)39(3)31(22-27-17-18-28-12-7-8-13-29(28)21-27)34(42)38-24-30(20-25-10-5-4-6-11-25)33(41)37-23-26-15-16-26/h4-14,17-18,21,26,30-31H,15-16,19-20,22-24,36H2,1-3H3,(H,37,41)(H,38,42)/b14-9+/t30-,31-/m1/s1. The molecular weight excluding hydrogens is 524 g/mol. The summed E-state index contributed by atoms with van der Waals surface area (Å²) in [4.78, 5) is 41.6. The van der Waals surface area contributed by atoms with Crippen LogP contribution in [0.25, 0.3) is 10.8 Å².